The predicted octanol–water partition coefficient (Wildman–Crippen LogP) is 0.841. The Morgan fingerprint density at radius 2 is 2.40 bits per heavy atom. The minimum absolute atomic E-state index is 0.0900. The molecule has 0 aromatic rings. The molecule has 2 rings (SSSR count). The molecular weight excluding hydrogens is 126 g/mol. The molecule has 0 aromatic heterocycles. The molecule has 0 spiro atoms. The second-order valence-electron chi connectivity index (χ2n) is 3.14. The van der Waals surface area contributed by atoms with E-state index in [-0.39, 0.29) is 5.91 Å². The number of carbonyl (C=O) groups is 1. The maximum Gasteiger partial charge on any atom is 0.243 e. The van der Waals surface area contributed by atoms with Crippen LogP contribution in [0.5, 0.6) is 0 Å². The van der Waals surface area contributed by atoms with E-state index in [0.29, 0.717) is 12.0 Å². The molecule has 0 radical (unpaired) electrons. The fourth-order valence-corrected chi connectivity index (χ4v) is 1.80. The van der Waals surface area contributed by atoms with Crippen LogP contribution >= 0.6 is 0 Å². The van der Waals surface area contributed by atoms with E-state index in [4.69, 9.17) is 0 Å². The highest BCUT2D eigenvalue weighted by atomic mass is 16.1. The van der Waals surface area contributed by atoms with Crippen LogP contribution in [0.4, 0.5) is 0 Å². The van der Waals surface area contributed by atoms with Gasteiger partial charge in [-0.3, -0.25) is 4.79 Å². The first-order valence-electron chi connectivity index (χ1n) is 3.83. The summed E-state index contributed by atoms with van der Waals surface area (Å²) in [6, 6.07) is 0.465. The lowest BCUT2D eigenvalue weighted by atomic mass is 10.1. The van der Waals surface area contributed by atoms with Crippen molar-refractivity contribution in [2.75, 3.05) is 0 Å². The van der Waals surface area contributed by atoms with E-state index < -0.39 is 0 Å². The quantitative estimate of drug-likeness (QED) is 0.526. The third kappa shape index (κ3) is 0.939. The first kappa shape index (κ1) is 5.96. The van der Waals surface area contributed by atoms with Gasteiger partial charge in [-0.1, -0.05) is 6.08 Å². The largest absolute Gasteiger partial charge is 0.350 e. The normalized spacial score (nSPS) is 37.4. The van der Waals surface area contributed by atoms with Gasteiger partial charge in [0.25, 0.3) is 0 Å². The Hall–Kier alpha value is -0.790. The summed E-state index contributed by atoms with van der Waals surface area (Å²) in [7, 11) is 0. The second-order valence-corrected chi connectivity index (χ2v) is 3.14. The topological polar surface area (TPSA) is 29.1 Å². The minimum Gasteiger partial charge on any atom is -0.350 e. The van der Waals surface area contributed by atoms with Gasteiger partial charge in [0.15, 0.2) is 0 Å². The molecule has 0 saturated heterocycles. The van der Waals surface area contributed by atoms with Crippen molar-refractivity contribution in [2.45, 2.75) is 25.3 Å². The lowest BCUT2D eigenvalue weighted by Crippen LogP contribution is -2.30. The zero-order valence-electron chi connectivity index (χ0n) is 5.84. The van der Waals surface area contributed by atoms with Crippen LogP contribution in [0.25, 0.3) is 0 Å². The predicted molar refractivity (Wildman–Crippen MR) is 38.4 cm³/mol. The fourth-order valence-electron chi connectivity index (χ4n) is 1.80. The van der Waals surface area contributed by atoms with Crippen molar-refractivity contribution in [2.24, 2.45) is 5.92 Å². The number of nitrogens with one attached hydrogen (secondary N) is 1. The fraction of sp³-hybridized carbons (Fsp3) is 0.625. The Labute approximate surface area is 60.3 Å². The first-order chi connectivity index (χ1) is 4.84. The van der Waals surface area contributed by atoms with Crippen LogP contribution < -0.4 is 5.32 Å². The first-order valence-corrected chi connectivity index (χ1v) is 3.83. The molecule has 54 valence electrons. The molecular formula is C8H11NO. The Kier molecular flexibility index (Phi) is 1.26. The van der Waals surface area contributed by atoms with E-state index in [1.54, 1.807) is 6.08 Å². The van der Waals surface area contributed by atoms with Crippen LogP contribution in [0.2, 0.25) is 0 Å². The molecule has 0 unspecified atom stereocenters. The molecule has 0 aromatic carbocycles. The Morgan fingerprint density at radius 1 is 1.50 bits per heavy atom. The van der Waals surface area contributed by atoms with Crippen LogP contribution in [0.15, 0.2) is 12.2 Å². The van der Waals surface area contributed by atoms with Crippen molar-refractivity contribution >= 4 is 5.91 Å². The number of fused-ring (bicyclic) bond motifs is 2. The summed E-state index contributed by atoms with van der Waals surface area (Å²) < 4.78 is 0. The number of carbonyl (C=O) groups excluding carboxylic acids is 1. The van der Waals surface area contributed by atoms with Crippen LogP contribution in [0.3, 0.4) is 0 Å². The van der Waals surface area contributed by atoms with Crippen LogP contribution in [0.1, 0.15) is 19.3 Å². The van der Waals surface area contributed by atoms with Gasteiger partial charge in [-0.15, -0.1) is 0 Å². The van der Waals surface area contributed by atoms with Crippen molar-refractivity contribution in [1.29, 1.82) is 0 Å². The van der Waals surface area contributed by atoms with E-state index in [2.05, 4.69) is 5.32 Å². The zero-order chi connectivity index (χ0) is 6.97. The average molecular weight is 137 g/mol. The molecule has 1 aliphatic carbocycles. The molecule has 2 aliphatic rings. The van der Waals surface area contributed by atoms with Crippen molar-refractivity contribution in [3.63, 3.8) is 0 Å². The van der Waals surface area contributed by atoms with Gasteiger partial charge in [-0.2, -0.15) is 0 Å². The Bertz CT molecular complexity index is 186. The molecule has 2 bridgehead atoms. The standard InChI is InChI=1S/C8H11NO/c10-8-4-2-6-1-3-7(5-6)9-8/h2,4,6-7H,1,3,5H2,(H,9,10)/t6-,7-/m1/s1. The van der Waals surface area contributed by atoms with Crippen molar-refractivity contribution in [3.8, 4) is 0 Å². The van der Waals surface area contributed by atoms with Gasteiger partial charge in [0, 0.05) is 6.04 Å². The highest BCUT2D eigenvalue weighted by Gasteiger charge is 2.25. The van der Waals surface area contributed by atoms with Gasteiger partial charge in [-0.05, 0) is 31.3 Å². The maximum absolute atomic E-state index is 10.9. The molecule has 10 heavy (non-hydrogen) atoms. The van der Waals surface area contributed by atoms with Crippen LogP contribution in [0, 0.1) is 5.92 Å². The van der Waals surface area contributed by atoms with Gasteiger partial charge in [0.1, 0.15) is 0 Å². The number of amides is 1. The average Bonchev–Trinajstić information content (AvgIpc) is 2.22. The smallest absolute Gasteiger partial charge is 0.243 e. The summed E-state index contributed by atoms with van der Waals surface area (Å²) in [6.45, 7) is 0. The SMILES string of the molecule is O=C1C=C[C@H]2CC[C@H](C2)N1. The maximum atomic E-state index is 10.9. The van der Waals surface area contributed by atoms with E-state index in [1.165, 1.54) is 12.8 Å². The number of allylic oxidation sites excluding steroid dienone is 1. The van der Waals surface area contributed by atoms with Crippen LogP contribution in [-0.2, 0) is 4.79 Å². The summed E-state index contributed by atoms with van der Waals surface area (Å²) in [6.07, 6.45) is 7.29. The second kappa shape index (κ2) is 2.11. The zero-order valence-corrected chi connectivity index (χ0v) is 5.84. The highest BCUT2D eigenvalue weighted by Crippen LogP contribution is 2.27. The van der Waals surface area contributed by atoms with Gasteiger partial charge in [0.2, 0.25) is 5.91 Å². The van der Waals surface area contributed by atoms with Gasteiger partial charge < -0.3 is 5.32 Å². The third-order valence-electron chi connectivity index (χ3n) is 2.34. The molecule has 1 heterocycles. The highest BCUT2D eigenvalue weighted by molar-refractivity contribution is 5.88. The van der Waals surface area contributed by atoms with Crippen molar-refractivity contribution < 1.29 is 4.79 Å². The summed E-state index contributed by atoms with van der Waals surface area (Å²) in [5.41, 5.74) is 0. The summed E-state index contributed by atoms with van der Waals surface area (Å²) in [4.78, 5) is 10.9. The van der Waals surface area contributed by atoms with Gasteiger partial charge in [-0.25, -0.2) is 0 Å². The van der Waals surface area contributed by atoms with Crippen molar-refractivity contribution in [1.82, 2.24) is 5.32 Å². The van der Waals surface area contributed by atoms with E-state index in [1.807, 2.05) is 6.08 Å². The summed E-state index contributed by atoms with van der Waals surface area (Å²) in [5.74, 6) is 0.760. The van der Waals surface area contributed by atoms with E-state index in [9.17, 15) is 4.79 Å². The monoisotopic (exact) mass is 137 g/mol. The molecule has 2 heteroatoms. The summed E-state index contributed by atoms with van der Waals surface area (Å²) in [5, 5.41) is 2.94. The lowest BCUT2D eigenvalue weighted by molar-refractivity contribution is -0.117. The van der Waals surface area contributed by atoms with Crippen molar-refractivity contribution in [3.05, 3.63) is 12.2 Å². The van der Waals surface area contributed by atoms with Gasteiger partial charge >= 0.3 is 0 Å². The molecule has 2 atom stereocenters. The molecule has 1 saturated carbocycles. The van der Waals surface area contributed by atoms with Crippen LogP contribution in [-0.4, -0.2) is 11.9 Å². The molecule has 2 nitrogen and oxygen atoms in total. The third-order valence-corrected chi connectivity index (χ3v) is 2.34. The molecule has 1 N–H and O–H groups in total. The van der Waals surface area contributed by atoms with E-state index in [0.717, 1.165) is 6.42 Å². The number of hydrogen-bond acceptors (Lipinski definition) is 1. The lowest BCUT2D eigenvalue weighted by Gasteiger charge is -2.07. The number of rotatable bonds is 0. The Morgan fingerprint density at radius 3 is 3.30 bits per heavy atom. The molecule has 1 amide bonds. The number of hydrogen-bond donors (Lipinski definition) is 1. The van der Waals surface area contributed by atoms with E-state index >= 15 is 0 Å². The van der Waals surface area contributed by atoms with Gasteiger partial charge in [0.05, 0.1) is 0 Å². The Balaban J connectivity index is 2.18. The molecule has 1 fully saturated rings. The molecule has 1 aliphatic heterocycles. The minimum atomic E-state index is 0.0900. The summed E-state index contributed by atoms with van der Waals surface area (Å²) >= 11 is 0.